The van der Waals surface area contributed by atoms with Crippen LogP contribution >= 0.6 is 11.8 Å². The van der Waals surface area contributed by atoms with Gasteiger partial charge in [0.15, 0.2) is 6.61 Å². The highest BCUT2D eigenvalue weighted by atomic mass is 32.2. The topological polar surface area (TPSA) is 66.9 Å². The van der Waals surface area contributed by atoms with Gasteiger partial charge in [-0.3, -0.25) is 19.3 Å². The Morgan fingerprint density at radius 1 is 1.17 bits per heavy atom. The third kappa shape index (κ3) is 4.21. The number of hydrogen-bond donors (Lipinski definition) is 0. The van der Waals surface area contributed by atoms with Crippen LogP contribution < -0.4 is 4.90 Å². The fraction of sp³-hybridized carbons (Fsp3) is 0.348. The standard InChI is InChI=1S/C23H24N2O4S/c1-24(18-11-6-8-16-7-2-3-9-17(16)18)21(26)14-29-23(28)13-25-19-10-4-5-12-20(19)30-15-22(25)27/h2-5,7,9-10,12,18H,6,8,11,13-15H2,1H3. The number of likely N-dealkylation sites (N-methyl/N-ethyl adjacent to an activating group) is 1. The van der Waals surface area contributed by atoms with Gasteiger partial charge in [0.05, 0.1) is 17.5 Å². The highest BCUT2D eigenvalue weighted by molar-refractivity contribution is 8.00. The minimum Gasteiger partial charge on any atom is -0.454 e. The Bertz CT molecular complexity index is 977. The molecule has 2 amide bonds. The maximum Gasteiger partial charge on any atom is 0.326 e. The van der Waals surface area contributed by atoms with Crippen molar-refractivity contribution < 1.29 is 19.1 Å². The van der Waals surface area contributed by atoms with Crippen molar-refractivity contribution in [3.8, 4) is 0 Å². The molecule has 0 bridgehead atoms. The average molecular weight is 425 g/mol. The molecule has 0 spiro atoms. The molecule has 2 aliphatic rings. The van der Waals surface area contributed by atoms with Gasteiger partial charge in [-0.25, -0.2) is 0 Å². The first-order valence-corrected chi connectivity index (χ1v) is 11.0. The van der Waals surface area contributed by atoms with Crippen LogP contribution in [-0.4, -0.2) is 48.6 Å². The molecule has 1 heterocycles. The average Bonchev–Trinajstić information content (AvgIpc) is 2.78. The zero-order valence-electron chi connectivity index (χ0n) is 16.9. The maximum atomic E-state index is 12.7. The molecule has 0 radical (unpaired) electrons. The highest BCUT2D eigenvalue weighted by Gasteiger charge is 2.29. The molecule has 6 nitrogen and oxygen atoms in total. The monoisotopic (exact) mass is 424 g/mol. The molecule has 0 saturated carbocycles. The largest absolute Gasteiger partial charge is 0.454 e. The number of hydrogen-bond acceptors (Lipinski definition) is 5. The number of thioether (sulfide) groups is 1. The van der Waals surface area contributed by atoms with E-state index in [1.165, 1.54) is 27.8 Å². The molecule has 4 rings (SSSR count). The minimum absolute atomic E-state index is 0.00581. The number of carbonyl (C=O) groups is 3. The van der Waals surface area contributed by atoms with Crippen LogP contribution in [0.3, 0.4) is 0 Å². The molecule has 0 saturated heterocycles. The summed E-state index contributed by atoms with van der Waals surface area (Å²) in [5, 5.41) is 0. The van der Waals surface area contributed by atoms with Crippen LogP contribution in [-0.2, 0) is 25.5 Å². The number of esters is 1. The minimum atomic E-state index is -0.587. The zero-order chi connectivity index (χ0) is 21.1. The zero-order valence-corrected chi connectivity index (χ0v) is 17.7. The van der Waals surface area contributed by atoms with E-state index >= 15 is 0 Å². The van der Waals surface area contributed by atoms with E-state index in [-0.39, 0.29) is 36.8 Å². The molecule has 0 fully saturated rings. The SMILES string of the molecule is CN(C(=O)COC(=O)CN1C(=O)CSc2ccccc21)C1CCCc2ccccc21. The third-order valence-electron chi connectivity index (χ3n) is 5.65. The number of amides is 2. The Morgan fingerprint density at radius 3 is 2.80 bits per heavy atom. The van der Waals surface area contributed by atoms with Crippen molar-refractivity contribution in [1.82, 2.24) is 4.90 Å². The number of ether oxygens (including phenoxy) is 1. The lowest BCUT2D eigenvalue weighted by molar-refractivity contribution is -0.151. The highest BCUT2D eigenvalue weighted by Crippen LogP contribution is 2.35. The van der Waals surface area contributed by atoms with Crippen LogP contribution in [0.25, 0.3) is 0 Å². The van der Waals surface area contributed by atoms with Crippen LogP contribution in [0, 0.1) is 0 Å². The molecule has 156 valence electrons. The molecule has 0 N–H and O–H groups in total. The Balaban J connectivity index is 1.36. The Morgan fingerprint density at radius 2 is 1.93 bits per heavy atom. The summed E-state index contributed by atoms with van der Waals surface area (Å²) in [6.45, 7) is -0.522. The Kier molecular flexibility index (Phi) is 6.08. The van der Waals surface area contributed by atoms with E-state index < -0.39 is 5.97 Å². The molecule has 1 unspecified atom stereocenters. The molecule has 7 heteroatoms. The lowest BCUT2D eigenvalue weighted by atomic mass is 9.87. The quantitative estimate of drug-likeness (QED) is 0.690. The van der Waals surface area contributed by atoms with Crippen molar-refractivity contribution in [2.24, 2.45) is 0 Å². The number of aryl methyl sites for hydroxylation is 1. The summed E-state index contributed by atoms with van der Waals surface area (Å²) in [5.74, 6) is -0.688. The van der Waals surface area contributed by atoms with Gasteiger partial charge >= 0.3 is 5.97 Å². The summed E-state index contributed by atoms with van der Waals surface area (Å²) in [6.07, 6.45) is 2.94. The molecular formula is C23H24N2O4S. The van der Waals surface area contributed by atoms with Gasteiger partial charge in [0.1, 0.15) is 6.54 Å². The van der Waals surface area contributed by atoms with E-state index in [1.54, 1.807) is 11.9 Å². The number of nitrogens with zero attached hydrogens (tertiary/aromatic N) is 2. The van der Waals surface area contributed by atoms with E-state index in [4.69, 9.17) is 4.74 Å². The number of anilines is 1. The molecule has 2 aromatic rings. The van der Waals surface area contributed by atoms with Crippen LogP contribution in [0.4, 0.5) is 5.69 Å². The van der Waals surface area contributed by atoms with E-state index in [1.807, 2.05) is 36.4 Å². The number of carbonyl (C=O) groups excluding carboxylic acids is 3. The summed E-state index contributed by atoms with van der Waals surface area (Å²) in [7, 11) is 1.75. The second kappa shape index (κ2) is 8.92. The van der Waals surface area contributed by atoms with Crippen molar-refractivity contribution in [1.29, 1.82) is 0 Å². The fourth-order valence-corrected chi connectivity index (χ4v) is 4.99. The molecular weight excluding hydrogens is 400 g/mol. The van der Waals surface area contributed by atoms with E-state index in [0.29, 0.717) is 5.69 Å². The van der Waals surface area contributed by atoms with Crippen LogP contribution in [0.2, 0.25) is 0 Å². The van der Waals surface area contributed by atoms with Crippen molar-refractivity contribution in [3.63, 3.8) is 0 Å². The molecule has 2 aromatic carbocycles. The third-order valence-corrected chi connectivity index (χ3v) is 6.70. The molecule has 1 aliphatic heterocycles. The fourth-order valence-electron chi connectivity index (χ4n) is 4.05. The van der Waals surface area contributed by atoms with Crippen molar-refractivity contribution in [2.45, 2.75) is 30.2 Å². The van der Waals surface area contributed by atoms with Gasteiger partial charge < -0.3 is 9.64 Å². The normalized spacial score (nSPS) is 17.7. The van der Waals surface area contributed by atoms with E-state index in [0.717, 1.165) is 24.2 Å². The summed E-state index contributed by atoms with van der Waals surface area (Å²) in [4.78, 5) is 41.4. The first kappa shape index (κ1) is 20.5. The molecule has 1 atom stereocenters. The number of para-hydroxylation sites is 1. The molecule has 1 aliphatic carbocycles. The summed E-state index contributed by atoms with van der Waals surface area (Å²) in [6, 6.07) is 15.6. The summed E-state index contributed by atoms with van der Waals surface area (Å²) < 4.78 is 5.24. The van der Waals surface area contributed by atoms with Gasteiger partial charge in [-0.2, -0.15) is 0 Å². The van der Waals surface area contributed by atoms with Gasteiger partial charge in [-0.1, -0.05) is 36.4 Å². The number of rotatable bonds is 5. The predicted octanol–water partition coefficient (Wildman–Crippen LogP) is 3.20. The summed E-state index contributed by atoms with van der Waals surface area (Å²) in [5.41, 5.74) is 3.14. The van der Waals surface area contributed by atoms with Gasteiger partial charge in [-0.15, -0.1) is 11.8 Å². The number of benzene rings is 2. The maximum absolute atomic E-state index is 12.7. The van der Waals surface area contributed by atoms with Crippen molar-refractivity contribution >= 4 is 35.2 Å². The Hall–Kier alpha value is -2.80. The second-order valence-corrected chi connectivity index (χ2v) is 8.53. The smallest absolute Gasteiger partial charge is 0.326 e. The Labute approximate surface area is 180 Å². The van der Waals surface area contributed by atoms with E-state index in [2.05, 4.69) is 12.1 Å². The molecule has 0 aromatic heterocycles. The first-order valence-electron chi connectivity index (χ1n) is 10.1. The first-order chi connectivity index (χ1) is 14.5. The van der Waals surface area contributed by atoms with Gasteiger partial charge in [0.2, 0.25) is 5.91 Å². The van der Waals surface area contributed by atoms with Gasteiger partial charge in [0.25, 0.3) is 5.91 Å². The number of fused-ring (bicyclic) bond motifs is 2. The van der Waals surface area contributed by atoms with Crippen LogP contribution in [0.5, 0.6) is 0 Å². The second-order valence-electron chi connectivity index (χ2n) is 7.51. The van der Waals surface area contributed by atoms with Gasteiger partial charge in [0, 0.05) is 11.9 Å². The van der Waals surface area contributed by atoms with Crippen molar-refractivity contribution in [2.75, 3.05) is 30.9 Å². The molecule has 30 heavy (non-hydrogen) atoms. The lowest BCUT2D eigenvalue weighted by Crippen LogP contribution is -2.41. The van der Waals surface area contributed by atoms with Crippen LogP contribution in [0.15, 0.2) is 53.4 Å². The van der Waals surface area contributed by atoms with Gasteiger partial charge in [-0.05, 0) is 42.5 Å². The van der Waals surface area contributed by atoms with Crippen LogP contribution in [0.1, 0.15) is 30.0 Å². The summed E-state index contributed by atoms with van der Waals surface area (Å²) >= 11 is 1.46. The van der Waals surface area contributed by atoms with Crippen molar-refractivity contribution in [3.05, 3.63) is 59.7 Å². The lowest BCUT2D eigenvalue weighted by Gasteiger charge is -2.33. The van der Waals surface area contributed by atoms with E-state index in [9.17, 15) is 14.4 Å². The predicted molar refractivity (Wildman–Crippen MR) is 115 cm³/mol.